The van der Waals surface area contributed by atoms with Gasteiger partial charge >= 0.3 is 0 Å². The van der Waals surface area contributed by atoms with Gasteiger partial charge in [-0.05, 0) is 31.6 Å². The number of allylic oxidation sites excluding steroid dienone is 2. The SMILES string of the molecule is CCCCCCCCCCCCCCC=CCC[C@@H](C)CC=O. The van der Waals surface area contributed by atoms with Crippen LogP contribution in [0.5, 0.6) is 0 Å². The number of hydrogen-bond donors (Lipinski definition) is 0. The molecule has 1 heteroatoms. The van der Waals surface area contributed by atoms with E-state index in [2.05, 4.69) is 26.0 Å². The van der Waals surface area contributed by atoms with Crippen molar-refractivity contribution in [3.8, 4) is 0 Å². The average molecular weight is 323 g/mol. The van der Waals surface area contributed by atoms with Crippen LogP contribution in [0, 0.1) is 5.92 Å². The molecule has 0 bridgehead atoms. The lowest BCUT2D eigenvalue weighted by atomic mass is 10.0. The molecule has 1 nitrogen and oxygen atoms in total. The quantitative estimate of drug-likeness (QED) is 0.144. The van der Waals surface area contributed by atoms with Crippen LogP contribution in [0.25, 0.3) is 0 Å². The maximum Gasteiger partial charge on any atom is 0.120 e. The first-order valence-corrected chi connectivity index (χ1v) is 10.4. The number of unbranched alkanes of at least 4 members (excludes halogenated alkanes) is 12. The van der Waals surface area contributed by atoms with E-state index in [1.54, 1.807) is 0 Å². The highest BCUT2D eigenvalue weighted by atomic mass is 16.1. The monoisotopic (exact) mass is 322 g/mol. The Labute approximate surface area is 146 Å². The molecule has 0 saturated heterocycles. The Morgan fingerprint density at radius 2 is 1.17 bits per heavy atom. The first kappa shape index (κ1) is 22.4. The molecule has 0 aromatic heterocycles. The summed E-state index contributed by atoms with van der Waals surface area (Å²) in [6, 6.07) is 0. The first-order chi connectivity index (χ1) is 11.3. The van der Waals surface area contributed by atoms with Gasteiger partial charge in [-0.3, -0.25) is 0 Å². The fourth-order valence-electron chi connectivity index (χ4n) is 3.00. The summed E-state index contributed by atoms with van der Waals surface area (Å²) >= 11 is 0. The molecule has 0 N–H and O–H groups in total. The maximum absolute atomic E-state index is 10.4. The van der Waals surface area contributed by atoms with E-state index in [1.165, 1.54) is 83.5 Å². The Morgan fingerprint density at radius 3 is 1.70 bits per heavy atom. The summed E-state index contributed by atoms with van der Waals surface area (Å²) < 4.78 is 0. The molecule has 0 heterocycles. The second-order valence-corrected chi connectivity index (χ2v) is 7.23. The molecule has 0 spiro atoms. The van der Waals surface area contributed by atoms with Gasteiger partial charge in [-0.15, -0.1) is 0 Å². The van der Waals surface area contributed by atoms with E-state index >= 15 is 0 Å². The van der Waals surface area contributed by atoms with E-state index in [4.69, 9.17) is 0 Å². The Bertz CT molecular complexity index is 257. The number of carbonyl (C=O) groups is 1. The third kappa shape index (κ3) is 19.4. The molecule has 23 heavy (non-hydrogen) atoms. The standard InChI is InChI=1S/C22H42O/c1-3-4-5-6-7-8-9-10-11-12-13-14-15-16-17-18-19-22(2)20-21-23/h16-17,21-22H,3-15,18-20H2,1-2H3/t22-/m1/s1. The van der Waals surface area contributed by atoms with Crippen LogP contribution in [-0.4, -0.2) is 6.29 Å². The molecule has 0 aliphatic rings. The zero-order valence-corrected chi connectivity index (χ0v) is 16.0. The normalized spacial score (nSPS) is 12.8. The van der Waals surface area contributed by atoms with Crippen LogP contribution in [-0.2, 0) is 4.79 Å². The Kier molecular flexibility index (Phi) is 19.0. The van der Waals surface area contributed by atoms with Gasteiger partial charge in [0.1, 0.15) is 6.29 Å². The lowest BCUT2D eigenvalue weighted by Crippen LogP contribution is -1.93. The number of rotatable bonds is 18. The van der Waals surface area contributed by atoms with Crippen molar-refractivity contribution in [1.82, 2.24) is 0 Å². The van der Waals surface area contributed by atoms with E-state index < -0.39 is 0 Å². The molecule has 1 atom stereocenters. The van der Waals surface area contributed by atoms with Crippen molar-refractivity contribution in [2.45, 2.75) is 117 Å². The third-order valence-electron chi connectivity index (χ3n) is 4.72. The summed E-state index contributed by atoms with van der Waals surface area (Å²) in [5.74, 6) is 0.545. The van der Waals surface area contributed by atoms with Gasteiger partial charge in [0.25, 0.3) is 0 Å². The van der Waals surface area contributed by atoms with Gasteiger partial charge in [0.15, 0.2) is 0 Å². The summed E-state index contributed by atoms with van der Waals surface area (Å²) in [5.41, 5.74) is 0. The minimum Gasteiger partial charge on any atom is -0.303 e. The van der Waals surface area contributed by atoms with E-state index in [0.717, 1.165) is 19.1 Å². The van der Waals surface area contributed by atoms with Crippen LogP contribution < -0.4 is 0 Å². The Morgan fingerprint density at radius 1 is 0.696 bits per heavy atom. The smallest absolute Gasteiger partial charge is 0.120 e. The fourth-order valence-corrected chi connectivity index (χ4v) is 3.00. The Balaban J connectivity index is 3.11. The number of aldehydes is 1. The summed E-state index contributed by atoms with van der Waals surface area (Å²) in [7, 11) is 0. The molecule has 0 fully saturated rings. The number of hydrogen-bond acceptors (Lipinski definition) is 1. The van der Waals surface area contributed by atoms with Crippen LogP contribution in [0.1, 0.15) is 117 Å². The van der Waals surface area contributed by atoms with Crippen molar-refractivity contribution in [2.75, 3.05) is 0 Å². The first-order valence-electron chi connectivity index (χ1n) is 10.4. The van der Waals surface area contributed by atoms with Gasteiger partial charge < -0.3 is 4.79 Å². The largest absolute Gasteiger partial charge is 0.303 e. The van der Waals surface area contributed by atoms with Crippen molar-refractivity contribution >= 4 is 6.29 Å². The molecule has 0 rings (SSSR count). The maximum atomic E-state index is 10.4. The van der Waals surface area contributed by atoms with E-state index in [1.807, 2.05) is 0 Å². The molecule has 0 aromatic carbocycles. The minimum atomic E-state index is 0.545. The van der Waals surface area contributed by atoms with Gasteiger partial charge in [0, 0.05) is 6.42 Å². The van der Waals surface area contributed by atoms with E-state index in [9.17, 15) is 4.79 Å². The number of carbonyl (C=O) groups excluding carboxylic acids is 1. The predicted octanol–water partition coefficient (Wildman–Crippen LogP) is 7.64. The summed E-state index contributed by atoms with van der Waals surface area (Å²) in [6.45, 7) is 4.44. The van der Waals surface area contributed by atoms with Gasteiger partial charge in [0.2, 0.25) is 0 Å². The molecule has 0 radical (unpaired) electrons. The molecule has 0 unspecified atom stereocenters. The van der Waals surface area contributed by atoms with Gasteiger partial charge in [0.05, 0.1) is 0 Å². The third-order valence-corrected chi connectivity index (χ3v) is 4.72. The van der Waals surface area contributed by atoms with Crippen molar-refractivity contribution in [1.29, 1.82) is 0 Å². The highest BCUT2D eigenvalue weighted by molar-refractivity contribution is 5.49. The van der Waals surface area contributed by atoms with Gasteiger partial charge in [-0.1, -0.05) is 96.6 Å². The van der Waals surface area contributed by atoms with Crippen LogP contribution >= 0.6 is 0 Å². The van der Waals surface area contributed by atoms with Gasteiger partial charge in [-0.2, -0.15) is 0 Å². The molecule has 136 valence electrons. The van der Waals surface area contributed by atoms with Crippen molar-refractivity contribution in [2.24, 2.45) is 5.92 Å². The highest BCUT2D eigenvalue weighted by Crippen LogP contribution is 2.13. The summed E-state index contributed by atoms with van der Waals surface area (Å²) in [6.07, 6.45) is 27.0. The van der Waals surface area contributed by atoms with E-state index in [-0.39, 0.29) is 0 Å². The second-order valence-electron chi connectivity index (χ2n) is 7.23. The molecule has 0 aromatic rings. The van der Waals surface area contributed by atoms with Crippen LogP contribution in [0.4, 0.5) is 0 Å². The van der Waals surface area contributed by atoms with Crippen LogP contribution in [0.15, 0.2) is 12.2 Å². The Hall–Kier alpha value is -0.590. The van der Waals surface area contributed by atoms with Crippen molar-refractivity contribution in [3.05, 3.63) is 12.2 Å². The summed E-state index contributed by atoms with van der Waals surface area (Å²) in [4.78, 5) is 10.4. The molecular formula is C22H42O. The van der Waals surface area contributed by atoms with E-state index in [0.29, 0.717) is 12.3 Å². The minimum absolute atomic E-state index is 0.545. The molecular weight excluding hydrogens is 280 g/mol. The van der Waals surface area contributed by atoms with Crippen LogP contribution in [0.3, 0.4) is 0 Å². The second kappa shape index (κ2) is 19.5. The molecule has 0 saturated carbocycles. The lowest BCUT2D eigenvalue weighted by Gasteiger charge is -2.03. The zero-order valence-electron chi connectivity index (χ0n) is 16.0. The topological polar surface area (TPSA) is 17.1 Å². The molecule has 0 aliphatic carbocycles. The van der Waals surface area contributed by atoms with Gasteiger partial charge in [-0.25, -0.2) is 0 Å². The summed E-state index contributed by atoms with van der Waals surface area (Å²) in [5, 5.41) is 0. The highest BCUT2D eigenvalue weighted by Gasteiger charge is 1.98. The molecule has 0 aliphatic heterocycles. The van der Waals surface area contributed by atoms with Crippen molar-refractivity contribution < 1.29 is 4.79 Å². The predicted molar refractivity (Wildman–Crippen MR) is 104 cm³/mol. The molecule has 0 amide bonds. The fraction of sp³-hybridized carbons (Fsp3) is 0.864. The zero-order chi connectivity index (χ0) is 17.0. The average Bonchev–Trinajstić information content (AvgIpc) is 2.54. The van der Waals surface area contributed by atoms with Crippen molar-refractivity contribution in [3.63, 3.8) is 0 Å². The lowest BCUT2D eigenvalue weighted by molar-refractivity contribution is -0.108. The van der Waals surface area contributed by atoms with Crippen LogP contribution in [0.2, 0.25) is 0 Å².